The molecule has 1 heterocycles. The average Bonchev–Trinajstić information content (AvgIpc) is 2.31. The van der Waals surface area contributed by atoms with Crippen molar-refractivity contribution >= 4 is 0 Å². The lowest BCUT2D eigenvalue weighted by atomic mass is 10.0. The Morgan fingerprint density at radius 2 is 2.40 bits per heavy atom. The fourth-order valence-electron chi connectivity index (χ4n) is 1.59. The van der Waals surface area contributed by atoms with Gasteiger partial charge < -0.3 is 0 Å². The molecule has 1 rings (SSSR count). The van der Waals surface area contributed by atoms with E-state index in [1.807, 2.05) is 5.01 Å². The van der Waals surface area contributed by atoms with E-state index in [0.29, 0.717) is 0 Å². The van der Waals surface area contributed by atoms with E-state index in [0.717, 1.165) is 19.0 Å². The zero-order chi connectivity index (χ0) is 7.40. The number of hydrogen-bond acceptors (Lipinski definition) is 2. The van der Waals surface area contributed by atoms with Gasteiger partial charge in [0.05, 0.1) is 0 Å². The lowest BCUT2D eigenvalue weighted by Gasteiger charge is -2.08. The zero-order valence-electron chi connectivity index (χ0n) is 6.84. The van der Waals surface area contributed by atoms with Gasteiger partial charge in [0.1, 0.15) is 0 Å². The van der Waals surface area contributed by atoms with Gasteiger partial charge in [0, 0.05) is 13.1 Å². The first-order chi connectivity index (χ1) is 4.83. The molecule has 2 heteroatoms. The molecule has 0 aliphatic carbocycles. The third kappa shape index (κ3) is 2.27. The SMILES string of the molecule is CCCCC1CCN(N)C1. The van der Waals surface area contributed by atoms with E-state index in [-0.39, 0.29) is 0 Å². The van der Waals surface area contributed by atoms with Crippen LogP contribution >= 0.6 is 0 Å². The lowest BCUT2D eigenvalue weighted by Crippen LogP contribution is -2.27. The minimum atomic E-state index is 0.893. The second-order valence-corrected chi connectivity index (χ2v) is 3.29. The van der Waals surface area contributed by atoms with Crippen molar-refractivity contribution in [3.63, 3.8) is 0 Å². The van der Waals surface area contributed by atoms with Gasteiger partial charge in [-0.3, -0.25) is 5.84 Å². The zero-order valence-corrected chi connectivity index (χ0v) is 6.84. The van der Waals surface area contributed by atoms with Crippen LogP contribution in [-0.2, 0) is 0 Å². The van der Waals surface area contributed by atoms with Crippen LogP contribution in [-0.4, -0.2) is 18.1 Å². The summed E-state index contributed by atoms with van der Waals surface area (Å²) in [6.45, 7) is 4.48. The Morgan fingerprint density at radius 3 is 2.90 bits per heavy atom. The number of hydrazine groups is 1. The average molecular weight is 142 g/mol. The maximum atomic E-state index is 5.63. The number of nitrogens with zero attached hydrogens (tertiary/aromatic N) is 1. The Balaban J connectivity index is 2.06. The van der Waals surface area contributed by atoms with E-state index in [9.17, 15) is 0 Å². The van der Waals surface area contributed by atoms with Crippen LogP contribution in [0.4, 0.5) is 0 Å². The monoisotopic (exact) mass is 142 g/mol. The quantitative estimate of drug-likeness (QED) is 0.603. The van der Waals surface area contributed by atoms with Crippen LogP contribution in [0.15, 0.2) is 0 Å². The summed E-state index contributed by atoms with van der Waals surface area (Å²) >= 11 is 0. The third-order valence-electron chi connectivity index (χ3n) is 2.28. The molecule has 0 aromatic rings. The van der Waals surface area contributed by atoms with E-state index in [1.54, 1.807) is 0 Å². The van der Waals surface area contributed by atoms with Gasteiger partial charge in [0.2, 0.25) is 0 Å². The van der Waals surface area contributed by atoms with Gasteiger partial charge >= 0.3 is 0 Å². The maximum Gasteiger partial charge on any atom is 0.0157 e. The standard InChI is InChI=1S/C8H18N2/c1-2-3-4-8-5-6-10(9)7-8/h8H,2-7,9H2,1H3. The van der Waals surface area contributed by atoms with Crippen molar-refractivity contribution in [3.8, 4) is 0 Å². The van der Waals surface area contributed by atoms with E-state index in [4.69, 9.17) is 5.84 Å². The molecule has 1 aliphatic heterocycles. The highest BCUT2D eigenvalue weighted by Crippen LogP contribution is 2.18. The van der Waals surface area contributed by atoms with Crippen molar-refractivity contribution in [1.82, 2.24) is 5.01 Å². The second-order valence-electron chi connectivity index (χ2n) is 3.29. The van der Waals surface area contributed by atoms with Gasteiger partial charge in [-0.2, -0.15) is 0 Å². The van der Waals surface area contributed by atoms with Crippen molar-refractivity contribution < 1.29 is 0 Å². The van der Waals surface area contributed by atoms with Crippen LogP contribution in [0.25, 0.3) is 0 Å². The Labute approximate surface area is 63.4 Å². The number of nitrogens with two attached hydrogens (primary N) is 1. The molecule has 0 saturated carbocycles. The minimum absolute atomic E-state index is 0.893. The highest BCUT2D eigenvalue weighted by molar-refractivity contribution is 4.71. The molecule has 1 atom stereocenters. The van der Waals surface area contributed by atoms with Crippen LogP contribution in [0, 0.1) is 5.92 Å². The summed E-state index contributed by atoms with van der Waals surface area (Å²) in [7, 11) is 0. The molecule has 0 aromatic heterocycles. The smallest absolute Gasteiger partial charge is 0.0157 e. The summed E-state index contributed by atoms with van der Waals surface area (Å²) in [5.41, 5.74) is 0. The molecular weight excluding hydrogens is 124 g/mol. The lowest BCUT2D eigenvalue weighted by molar-refractivity contribution is 0.332. The van der Waals surface area contributed by atoms with Gasteiger partial charge in [-0.25, -0.2) is 5.01 Å². The van der Waals surface area contributed by atoms with Gasteiger partial charge in [-0.05, 0) is 18.8 Å². The number of rotatable bonds is 3. The Kier molecular flexibility index (Phi) is 3.16. The first-order valence-corrected chi connectivity index (χ1v) is 4.32. The normalized spacial score (nSPS) is 27.6. The molecule has 1 saturated heterocycles. The topological polar surface area (TPSA) is 29.3 Å². The molecule has 0 spiro atoms. The molecule has 0 radical (unpaired) electrons. The largest absolute Gasteiger partial charge is 0.269 e. The summed E-state index contributed by atoms with van der Waals surface area (Å²) < 4.78 is 0. The highest BCUT2D eigenvalue weighted by Gasteiger charge is 2.18. The third-order valence-corrected chi connectivity index (χ3v) is 2.28. The fraction of sp³-hybridized carbons (Fsp3) is 1.00. The van der Waals surface area contributed by atoms with Crippen LogP contribution < -0.4 is 5.84 Å². The van der Waals surface area contributed by atoms with Crippen LogP contribution in [0.3, 0.4) is 0 Å². The van der Waals surface area contributed by atoms with Crippen molar-refractivity contribution in [2.75, 3.05) is 13.1 Å². The molecular formula is C8H18N2. The first-order valence-electron chi connectivity index (χ1n) is 4.32. The number of unbranched alkanes of at least 4 members (excludes halogenated alkanes) is 1. The van der Waals surface area contributed by atoms with Crippen LogP contribution in [0.1, 0.15) is 32.6 Å². The van der Waals surface area contributed by atoms with Crippen LogP contribution in [0.5, 0.6) is 0 Å². The maximum absolute atomic E-state index is 5.63. The molecule has 1 aliphatic rings. The predicted octanol–water partition coefficient (Wildman–Crippen LogP) is 1.37. The van der Waals surface area contributed by atoms with Crippen molar-refractivity contribution in [2.45, 2.75) is 32.6 Å². The van der Waals surface area contributed by atoms with Gasteiger partial charge in [0.15, 0.2) is 0 Å². The van der Waals surface area contributed by atoms with Crippen molar-refractivity contribution in [2.24, 2.45) is 11.8 Å². The van der Waals surface area contributed by atoms with Crippen LogP contribution in [0.2, 0.25) is 0 Å². The minimum Gasteiger partial charge on any atom is -0.269 e. The highest BCUT2D eigenvalue weighted by atomic mass is 15.4. The van der Waals surface area contributed by atoms with Gasteiger partial charge in [-0.1, -0.05) is 19.8 Å². The Hall–Kier alpha value is -0.0800. The molecule has 2 nitrogen and oxygen atoms in total. The van der Waals surface area contributed by atoms with E-state index >= 15 is 0 Å². The summed E-state index contributed by atoms with van der Waals surface area (Å²) in [6.07, 6.45) is 5.39. The van der Waals surface area contributed by atoms with E-state index in [1.165, 1.54) is 25.7 Å². The van der Waals surface area contributed by atoms with Crippen molar-refractivity contribution in [1.29, 1.82) is 0 Å². The van der Waals surface area contributed by atoms with Crippen molar-refractivity contribution in [3.05, 3.63) is 0 Å². The summed E-state index contributed by atoms with van der Waals surface area (Å²) in [6, 6.07) is 0. The fourth-order valence-corrected chi connectivity index (χ4v) is 1.59. The van der Waals surface area contributed by atoms with Gasteiger partial charge in [-0.15, -0.1) is 0 Å². The Bertz CT molecular complexity index is 93.3. The van der Waals surface area contributed by atoms with E-state index < -0.39 is 0 Å². The predicted molar refractivity (Wildman–Crippen MR) is 43.4 cm³/mol. The molecule has 0 bridgehead atoms. The molecule has 0 aromatic carbocycles. The molecule has 2 N–H and O–H groups in total. The summed E-state index contributed by atoms with van der Waals surface area (Å²) in [5.74, 6) is 6.52. The second kappa shape index (κ2) is 3.94. The number of hydrogen-bond donors (Lipinski definition) is 1. The summed E-state index contributed by atoms with van der Waals surface area (Å²) in [4.78, 5) is 0. The molecule has 0 amide bonds. The van der Waals surface area contributed by atoms with E-state index in [2.05, 4.69) is 6.92 Å². The first kappa shape index (κ1) is 8.02. The molecule has 60 valence electrons. The molecule has 1 unspecified atom stereocenters. The Morgan fingerprint density at radius 1 is 1.60 bits per heavy atom. The van der Waals surface area contributed by atoms with Gasteiger partial charge in [0.25, 0.3) is 0 Å². The molecule has 1 fully saturated rings. The summed E-state index contributed by atoms with van der Waals surface area (Å²) in [5, 5.41) is 1.94. The molecule has 10 heavy (non-hydrogen) atoms.